The van der Waals surface area contributed by atoms with Crippen LogP contribution >= 0.6 is 0 Å². The molecule has 84 heavy (non-hydrogen) atoms. The number of fused-ring (bicyclic) bond motifs is 21. The lowest BCUT2D eigenvalue weighted by atomic mass is 9.92. The maximum absolute atomic E-state index is 6.87. The Morgan fingerprint density at radius 1 is 0.131 bits per heavy atom. The van der Waals surface area contributed by atoms with Crippen molar-refractivity contribution in [3.05, 3.63) is 255 Å². The molecule has 0 amide bonds. The third-order valence-corrected chi connectivity index (χ3v) is 17.5. The first kappa shape index (κ1) is 45.4. The molecule has 0 aliphatic carbocycles. The van der Waals surface area contributed by atoms with Gasteiger partial charge in [0.25, 0.3) is 0 Å². The summed E-state index contributed by atoms with van der Waals surface area (Å²) in [6.45, 7) is 0. The summed E-state index contributed by atoms with van der Waals surface area (Å²) in [7, 11) is 0. The Kier molecular flexibility index (Phi) is 9.24. The Balaban J connectivity index is 0.759. The minimum atomic E-state index is 0.735. The van der Waals surface area contributed by atoms with Crippen LogP contribution in [0, 0.1) is 0 Å². The van der Waals surface area contributed by atoms with Crippen molar-refractivity contribution in [2.45, 2.75) is 0 Å². The van der Waals surface area contributed by atoms with Crippen molar-refractivity contribution in [2.24, 2.45) is 0 Å². The van der Waals surface area contributed by atoms with Crippen molar-refractivity contribution in [3.8, 4) is 66.8 Å². The first-order valence-corrected chi connectivity index (χ1v) is 28.3. The summed E-state index contributed by atoms with van der Waals surface area (Å²) >= 11 is 0. The molecule has 6 nitrogen and oxygen atoms in total. The molecule has 0 aliphatic rings. The van der Waals surface area contributed by atoms with Crippen LogP contribution in [-0.4, -0.2) is 0 Å². The van der Waals surface area contributed by atoms with Crippen molar-refractivity contribution in [1.29, 1.82) is 0 Å². The molecule has 0 N–H and O–H groups in total. The molecular formula is C78H42O6. The zero-order valence-electron chi connectivity index (χ0n) is 44.7. The van der Waals surface area contributed by atoms with Crippen molar-refractivity contribution < 1.29 is 26.5 Å². The monoisotopic (exact) mass is 1070 g/mol. The fourth-order valence-electron chi connectivity index (χ4n) is 13.3. The van der Waals surface area contributed by atoms with E-state index in [0.717, 1.165) is 198 Å². The van der Waals surface area contributed by atoms with Crippen LogP contribution < -0.4 is 0 Å². The van der Waals surface area contributed by atoms with Gasteiger partial charge in [-0.15, -0.1) is 0 Å². The molecule has 0 bridgehead atoms. The molecule has 19 aromatic rings. The third-order valence-electron chi connectivity index (χ3n) is 17.5. The van der Waals surface area contributed by atoms with Crippen LogP contribution in [0.15, 0.2) is 281 Å². The lowest BCUT2D eigenvalue weighted by Gasteiger charge is -2.12. The highest BCUT2D eigenvalue weighted by Crippen LogP contribution is 2.46. The van der Waals surface area contributed by atoms with Crippen LogP contribution in [0.1, 0.15) is 0 Å². The molecule has 0 radical (unpaired) electrons. The first-order chi connectivity index (χ1) is 41.5. The molecule has 0 fully saturated rings. The third kappa shape index (κ3) is 6.73. The van der Waals surface area contributed by atoms with Crippen LogP contribution in [0.25, 0.3) is 198 Å². The molecule has 13 aromatic carbocycles. The first-order valence-electron chi connectivity index (χ1n) is 28.3. The average Bonchev–Trinajstić information content (AvgIpc) is 3.71. The van der Waals surface area contributed by atoms with Crippen LogP contribution in [0.4, 0.5) is 0 Å². The number of hydrogen-bond acceptors (Lipinski definition) is 6. The van der Waals surface area contributed by atoms with E-state index < -0.39 is 0 Å². The van der Waals surface area contributed by atoms with Crippen LogP contribution in [0.3, 0.4) is 0 Å². The molecule has 6 aromatic heterocycles. The highest BCUT2D eigenvalue weighted by atomic mass is 16.4. The van der Waals surface area contributed by atoms with Gasteiger partial charge in [0.15, 0.2) is 33.5 Å². The summed E-state index contributed by atoms with van der Waals surface area (Å²) < 4.78 is 40.5. The van der Waals surface area contributed by atoms with E-state index in [4.69, 9.17) is 26.5 Å². The maximum Gasteiger partial charge on any atom is 0.178 e. The highest BCUT2D eigenvalue weighted by molar-refractivity contribution is 6.22. The lowest BCUT2D eigenvalue weighted by Crippen LogP contribution is -1.86. The molecule has 0 saturated carbocycles. The van der Waals surface area contributed by atoms with Crippen molar-refractivity contribution in [2.75, 3.05) is 0 Å². The summed E-state index contributed by atoms with van der Waals surface area (Å²) in [5, 5.41) is 12.3. The summed E-state index contributed by atoms with van der Waals surface area (Å²) in [6.07, 6.45) is 0. The Labute approximate surface area is 477 Å². The van der Waals surface area contributed by atoms with Gasteiger partial charge in [-0.25, -0.2) is 0 Å². The SMILES string of the molecule is c1ccc(-c2ccc3oc4c(ccc5c6ccc(-c7cc(-c8ccc9c(c8)oc8c9ccc9c%10cc(-c%11ccccc%11)ccc%10oc98)cc(-c8ccc9c(c8)oc8c9ccc9c%10cc(-c%11ccccc%11)ccc%10oc98)c7)cc6oc54)c3c2)cc1. The van der Waals surface area contributed by atoms with E-state index in [1.807, 2.05) is 18.2 Å². The molecule has 0 spiro atoms. The van der Waals surface area contributed by atoms with Crippen molar-refractivity contribution in [1.82, 2.24) is 0 Å². The molecule has 0 aliphatic heterocycles. The van der Waals surface area contributed by atoms with Gasteiger partial charge in [0.2, 0.25) is 0 Å². The predicted molar refractivity (Wildman–Crippen MR) is 343 cm³/mol. The van der Waals surface area contributed by atoms with Gasteiger partial charge in [-0.2, -0.15) is 0 Å². The topological polar surface area (TPSA) is 78.8 Å². The quantitative estimate of drug-likeness (QED) is 0.165. The predicted octanol–water partition coefficient (Wildman–Crippen LogP) is 23.1. The van der Waals surface area contributed by atoms with Gasteiger partial charge in [-0.1, -0.05) is 127 Å². The minimum absolute atomic E-state index is 0.735. The Hall–Kier alpha value is -11.3. The molecule has 6 heterocycles. The summed E-state index contributed by atoms with van der Waals surface area (Å²) in [5.74, 6) is 0. The van der Waals surface area contributed by atoms with Gasteiger partial charge in [-0.3, -0.25) is 0 Å². The van der Waals surface area contributed by atoms with E-state index in [2.05, 4.69) is 237 Å². The average molecular weight is 1080 g/mol. The molecular weight excluding hydrogens is 1030 g/mol. The van der Waals surface area contributed by atoms with Gasteiger partial charge in [0.05, 0.1) is 0 Å². The lowest BCUT2D eigenvalue weighted by molar-refractivity contribution is 0.633. The number of rotatable bonds is 6. The van der Waals surface area contributed by atoms with E-state index in [0.29, 0.717) is 0 Å². The minimum Gasteiger partial charge on any atom is -0.452 e. The normalized spacial score (nSPS) is 12.3. The molecule has 390 valence electrons. The van der Waals surface area contributed by atoms with E-state index >= 15 is 0 Å². The summed E-state index contributed by atoms with van der Waals surface area (Å²) in [6, 6.07) is 89.9. The maximum atomic E-state index is 6.87. The molecule has 19 rings (SSSR count). The van der Waals surface area contributed by atoms with E-state index in [1.165, 1.54) is 0 Å². The second-order valence-corrected chi connectivity index (χ2v) is 22.2. The number of benzene rings is 13. The molecule has 0 saturated heterocycles. The molecule has 0 unspecified atom stereocenters. The highest BCUT2D eigenvalue weighted by Gasteiger charge is 2.22. The van der Waals surface area contributed by atoms with Gasteiger partial charge in [0.1, 0.15) is 33.5 Å². The molecule has 0 atom stereocenters. The fraction of sp³-hybridized carbons (Fsp3) is 0. The Bertz CT molecular complexity index is 5370. The zero-order valence-corrected chi connectivity index (χ0v) is 44.7. The van der Waals surface area contributed by atoms with Gasteiger partial charge >= 0.3 is 0 Å². The van der Waals surface area contributed by atoms with E-state index in [1.54, 1.807) is 0 Å². The summed E-state index contributed by atoms with van der Waals surface area (Å²) in [5.41, 5.74) is 22.3. The number of furan rings is 6. The van der Waals surface area contributed by atoms with Crippen LogP contribution in [-0.2, 0) is 0 Å². The standard InChI is InChI=1S/C78H42O6/c1-4-10-43(11-5-1)46-19-31-67-64(37-46)61-28-25-58-55-22-16-49(40-70(55)82-73(58)76(61)79-67)52-34-53(50-17-23-56-59-26-29-62-65-38-47(44-12-6-2-7-13-44)20-32-68(65)80-77(62)74(59)83-71(56)41-50)36-54(35-52)51-18-24-57-60-27-30-63-66-39-48(45-14-8-3-9-15-45)21-33-69(66)81-78(63)75(60)84-72(57)42-51/h1-42H. The Morgan fingerprint density at radius 2 is 0.357 bits per heavy atom. The molecule has 6 heteroatoms. The van der Waals surface area contributed by atoms with Gasteiger partial charge in [-0.05, 0) is 194 Å². The van der Waals surface area contributed by atoms with Gasteiger partial charge < -0.3 is 26.5 Å². The number of hydrogen-bond donors (Lipinski definition) is 0. The van der Waals surface area contributed by atoms with Crippen molar-refractivity contribution >= 4 is 132 Å². The van der Waals surface area contributed by atoms with Gasteiger partial charge in [0, 0.05) is 64.6 Å². The zero-order chi connectivity index (χ0) is 54.7. The van der Waals surface area contributed by atoms with Crippen LogP contribution in [0.5, 0.6) is 0 Å². The summed E-state index contributed by atoms with van der Waals surface area (Å²) in [4.78, 5) is 0. The second kappa shape index (κ2) is 17.1. The van der Waals surface area contributed by atoms with Crippen LogP contribution in [0.2, 0.25) is 0 Å². The van der Waals surface area contributed by atoms with Crippen molar-refractivity contribution in [3.63, 3.8) is 0 Å². The Morgan fingerprint density at radius 3 is 0.643 bits per heavy atom. The van der Waals surface area contributed by atoms with E-state index in [9.17, 15) is 0 Å². The van der Waals surface area contributed by atoms with E-state index in [-0.39, 0.29) is 0 Å². The fourth-order valence-corrected chi connectivity index (χ4v) is 13.3. The largest absolute Gasteiger partial charge is 0.452 e. The smallest absolute Gasteiger partial charge is 0.178 e. The second-order valence-electron chi connectivity index (χ2n) is 22.2.